The fourth-order valence-electron chi connectivity index (χ4n) is 2.81. The van der Waals surface area contributed by atoms with E-state index in [1.165, 1.54) is 23.5 Å². The highest BCUT2D eigenvalue weighted by molar-refractivity contribution is 9.10. The minimum Gasteiger partial charge on any atom is -0.347 e. The number of fused-ring (bicyclic) bond motifs is 1. The Kier molecular flexibility index (Phi) is 4.80. The van der Waals surface area contributed by atoms with Crippen molar-refractivity contribution in [1.82, 2.24) is 14.7 Å². The number of carbonyl (C=O) groups excluding carboxylic acids is 1. The van der Waals surface area contributed by atoms with Gasteiger partial charge in [-0.25, -0.2) is 9.37 Å². The second-order valence-corrected chi connectivity index (χ2v) is 8.07. The molecular weight excluding hydrogens is 429 g/mol. The van der Waals surface area contributed by atoms with E-state index >= 15 is 0 Å². The fourth-order valence-corrected chi connectivity index (χ4v) is 4.25. The van der Waals surface area contributed by atoms with E-state index in [-0.39, 0.29) is 11.7 Å². The summed E-state index contributed by atoms with van der Waals surface area (Å²) in [5, 5.41) is 2.95. The molecule has 4 nitrogen and oxygen atoms in total. The molecule has 0 atom stereocenters. The molecule has 27 heavy (non-hydrogen) atoms. The molecule has 2 aromatic carbocycles. The number of hydrogen-bond acceptors (Lipinski definition) is 3. The molecule has 0 saturated carbocycles. The van der Waals surface area contributed by atoms with Crippen LogP contribution in [0.5, 0.6) is 0 Å². The summed E-state index contributed by atoms with van der Waals surface area (Å²) in [6.45, 7) is 2.44. The van der Waals surface area contributed by atoms with Gasteiger partial charge in [0.1, 0.15) is 5.82 Å². The molecule has 136 valence electrons. The minimum absolute atomic E-state index is 0.117. The van der Waals surface area contributed by atoms with Crippen LogP contribution in [0.1, 0.15) is 20.9 Å². The van der Waals surface area contributed by atoms with Crippen molar-refractivity contribution in [2.45, 2.75) is 13.5 Å². The smallest absolute Gasteiger partial charge is 0.251 e. The van der Waals surface area contributed by atoms with Crippen molar-refractivity contribution in [3.8, 4) is 11.3 Å². The first-order valence-electron chi connectivity index (χ1n) is 8.28. The van der Waals surface area contributed by atoms with Crippen LogP contribution in [-0.2, 0) is 6.54 Å². The van der Waals surface area contributed by atoms with Crippen molar-refractivity contribution >= 4 is 38.1 Å². The number of nitrogens with zero attached hydrogens (tertiary/aromatic N) is 2. The summed E-state index contributed by atoms with van der Waals surface area (Å²) in [4.78, 5) is 18.8. The van der Waals surface area contributed by atoms with Gasteiger partial charge in [0, 0.05) is 32.4 Å². The Balaban J connectivity index is 1.53. The van der Waals surface area contributed by atoms with Gasteiger partial charge in [-0.05, 0) is 49.4 Å². The Hall–Kier alpha value is -2.51. The average Bonchev–Trinajstić information content (AvgIpc) is 3.20. The van der Waals surface area contributed by atoms with Crippen LogP contribution in [-0.4, -0.2) is 15.3 Å². The molecule has 0 aliphatic heterocycles. The van der Waals surface area contributed by atoms with Gasteiger partial charge in [0.2, 0.25) is 0 Å². The quantitative estimate of drug-likeness (QED) is 0.470. The summed E-state index contributed by atoms with van der Waals surface area (Å²) in [6, 6.07) is 13.6. The summed E-state index contributed by atoms with van der Waals surface area (Å²) in [7, 11) is 0. The molecule has 0 bridgehead atoms. The summed E-state index contributed by atoms with van der Waals surface area (Å²) in [6.07, 6.45) is 1.94. The van der Waals surface area contributed by atoms with E-state index in [1.807, 2.05) is 29.7 Å². The number of thiazole rings is 1. The third-order valence-electron chi connectivity index (χ3n) is 4.29. The molecule has 4 rings (SSSR count). The van der Waals surface area contributed by atoms with Gasteiger partial charge in [0.05, 0.1) is 12.2 Å². The van der Waals surface area contributed by atoms with Crippen molar-refractivity contribution in [2.75, 3.05) is 0 Å². The van der Waals surface area contributed by atoms with Crippen LogP contribution in [0, 0.1) is 12.7 Å². The number of aryl methyl sites for hydroxylation is 1. The van der Waals surface area contributed by atoms with Gasteiger partial charge in [0.15, 0.2) is 4.96 Å². The Morgan fingerprint density at radius 1 is 1.26 bits per heavy atom. The molecule has 0 unspecified atom stereocenters. The molecule has 2 aromatic heterocycles. The molecule has 1 N–H and O–H groups in total. The van der Waals surface area contributed by atoms with Crippen LogP contribution in [0.2, 0.25) is 0 Å². The Morgan fingerprint density at radius 2 is 2.04 bits per heavy atom. The number of nitrogens with one attached hydrogen (secondary N) is 1. The number of carbonyl (C=O) groups is 1. The van der Waals surface area contributed by atoms with Gasteiger partial charge < -0.3 is 5.32 Å². The zero-order chi connectivity index (χ0) is 19.0. The first-order valence-corrected chi connectivity index (χ1v) is 9.89. The van der Waals surface area contributed by atoms with E-state index in [2.05, 4.69) is 26.2 Å². The first kappa shape index (κ1) is 17.9. The van der Waals surface area contributed by atoms with Crippen molar-refractivity contribution in [3.05, 3.63) is 81.2 Å². The van der Waals surface area contributed by atoms with Gasteiger partial charge in [-0.2, -0.15) is 0 Å². The van der Waals surface area contributed by atoms with Crippen molar-refractivity contribution in [3.63, 3.8) is 0 Å². The lowest BCUT2D eigenvalue weighted by Crippen LogP contribution is -2.22. The molecule has 2 heterocycles. The maximum Gasteiger partial charge on any atom is 0.251 e. The molecular formula is C20H15BrFN3OS. The summed E-state index contributed by atoms with van der Waals surface area (Å²) in [5.74, 6) is -0.381. The summed E-state index contributed by atoms with van der Waals surface area (Å²) >= 11 is 4.91. The van der Waals surface area contributed by atoms with Crippen LogP contribution in [0.3, 0.4) is 0 Å². The van der Waals surface area contributed by atoms with Crippen LogP contribution >= 0.6 is 27.3 Å². The molecule has 0 aliphatic rings. The largest absolute Gasteiger partial charge is 0.347 e. The maximum absolute atomic E-state index is 13.1. The van der Waals surface area contributed by atoms with E-state index in [9.17, 15) is 9.18 Å². The lowest BCUT2D eigenvalue weighted by molar-refractivity contribution is 0.0951. The Bertz CT molecular complexity index is 1130. The second kappa shape index (κ2) is 7.25. The molecule has 0 saturated heterocycles. The topological polar surface area (TPSA) is 46.4 Å². The highest BCUT2D eigenvalue weighted by Gasteiger charge is 2.14. The SMILES string of the molecule is Cc1c(CNC(=O)c2cccc(Br)c2)sc2nc(-c3ccc(F)cc3)cn12. The fraction of sp³-hybridized carbons (Fsp3) is 0.100. The van der Waals surface area contributed by atoms with Crippen LogP contribution in [0.4, 0.5) is 4.39 Å². The Labute approximate surface area is 167 Å². The predicted octanol–water partition coefficient (Wildman–Crippen LogP) is 5.20. The lowest BCUT2D eigenvalue weighted by atomic mass is 10.2. The van der Waals surface area contributed by atoms with E-state index in [1.54, 1.807) is 24.3 Å². The normalized spacial score (nSPS) is 11.1. The first-order chi connectivity index (χ1) is 13.0. The zero-order valence-corrected chi connectivity index (χ0v) is 16.8. The summed E-state index contributed by atoms with van der Waals surface area (Å²) < 4.78 is 16.0. The molecule has 0 aliphatic carbocycles. The lowest BCUT2D eigenvalue weighted by Gasteiger charge is -2.05. The van der Waals surface area contributed by atoms with E-state index in [0.29, 0.717) is 12.1 Å². The highest BCUT2D eigenvalue weighted by atomic mass is 79.9. The number of rotatable bonds is 4. The molecule has 7 heteroatoms. The highest BCUT2D eigenvalue weighted by Crippen LogP contribution is 2.27. The van der Waals surface area contributed by atoms with E-state index in [4.69, 9.17) is 0 Å². The van der Waals surface area contributed by atoms with Gasteiger partial charge in [0.25, 0.3) is 5.91 Å². The van der Waals surface area contributed by atoms with Gasteiger partial charge >= 0.3 is 0 Å². The van der Waals surface area contributed by atoms with E-state index < -0.39 is 0 Å². The second-order valence-electron chi connectivity index (χ2n) is 6.09. The third-order valence-corrected chi connectivity index (χ3v) is 5.94. The van der Waals surface area contributed by atoms with Crippen molar-refractivity contribution in [2.24, 2.45) is 0 Å². The van der Waals surface area contributed by atoms with Crippen LogP contribution in [0.25, 0.3) is 16.2 Å². The number of halogens is 2. The molecule has 0 fully saturated rings. The molecule has 4 aromatic rings. The standard InChI is InChI=1S/C20H15BrFN3OS/c1-12-18(10-23-19(26)14-3-2-4-15(21)9-14)27-20-24-17(11-25(12)20)13-5-7-16(22)8-6-13/h2-9,11H,10H2,1H3,(H,23,26). The van der Waals surface area contributed by atoms with Gasteiger partial charge in [-0.3, -0.25) is 9.20 Å². The molecule has 0 radical (unpaired) electrons. The van der Waals surface area contributed by atoms with E-state index in [0.717, 1.165) is 31.3 Å². The summed E-state index contributed by atoms with van der Waals surface area (Å²) in [5.41, 5.74) is 3.32. The van der Waals surface area contributed by atoms with Gasteiger partial charge in [-0.1, -0.05) is 33.3 Å². The number of amides is 1. The third kappa shape index (κ3) is 3.65. The van der Waals surface area contributed by atoms with Crippen molar-refractivity contribution in [1.29, 1.82) is 0 Å². The monoisotopic (exact) mass is 443 g/mol. The van der Waals surface area contributed by atoms with Crippen LogP contribution < -0.4 is 5.32 Å². The number of imidazole rings is 1. The average molecular weight is 444 g/mol. The number of hydrogen-bond donors (Lipinski definition) is 1. The molecule has 1 amide bonds. The zero-order valence-electron chi connectivity index (χ0n) is 14.4. The number of aromatic nitrogens is 2. The predicted molar refractivity (Wildman–Crippen MR) is 109 cm³/mol. The molecule has 0 spiro atoms. The maximum atomic E-state index is 13.1. The van der Waals surface area contributed by atoms with Crippen molar-refractivity contribution < 1.29 is 9.18 Å². The Morgan fingerprint density at radius 3 is 2.74 bits per heavy atom. The minimum atomic E-state index is -0.264. The van der Waals surface area contributed by atoms with Gasteiger partial charge in [-0.15, -0.1) is 0 Å². The van der Waals surface area contributed by atoms with Crippen LogP contribution in [0.15, 0.2) is 59.2 Å². The number of benzene rings is 2.